The van der Waals surface area contributed by atoms with Gasteiger partial charge in [0, 0.05) is 37.6 Å². The van der Waals surface area contributed by atoms with Crippen molar-refractivity contribution >= 4 is 39.3 Å². The molecule has 1 saturated heterocycles. The molecule has 1 spiro atoms. The third-order valence-corrected chi connectivity index (χ3v) is 9.39. The lowest BCUT2D eigenvalue weighted by Crippen LogP contribution is -2.49. The van der Waals surface area contributed by atoms with E-state index in [-0.39, 0.29) is 17.2 Å². The summed E-state index contributed by atoms with van der Waals surface area (Å²) in [6.07, 6.45) is 6.33. The Bertz CT molecular complexity index is 1590. The van der Waals surface area contributed by atoms with Crippen LogP contribution in [-0.2, 0) is 11.2 Å². The third kappa shape index (κ3) is 4.40. The van der Waals surface area contributed by atoms with Crippen molar-refractivity contribution in [3.05, 3.63) is 59.0 Å². The average Bonchev–Trinajstić information content (AvgIpc) is 3.53. The maximum Gasteiger partial charge on any atom is 0.306 e. The molecule has 8 nitrogen and oxygen atoms in total. The Morgan fingerprint density at radius 3 is 2.62 bits per heavy atom. The second kappa shape index (κ2) is 9.65. The largest absolute Gasteiger partial charge is 0.481 e. The fraction of sp³-hybridized carbons (Fsp3) is 0.379. The van der Waals surface area contributed by atoms with E-state index >= 15 is 0 Å². The van der Waals surface area contributed by atoms with E-state index in [1.807, 2.05) is 22.7 Å². The van der Waals surface area contributed by atoms with Gasteiger partial charge in [0.2, 0.25) is 0 Å². The zero-order chi connectivity index (χ0) is 27.3. The van der Waals surface area contributed by atoms with Gasteiger partial charge in [-0.1, -0.05) is 18.3 Å². The van der Waals surface area contributed by atoms with Gasteiger partial charge in [0.25, 0.3) is 0 Å². The molecule has 0 atom stereocenters. The van der Waals surface area contributed by atoms with Crippen LogP contribution >= 0.6 is 11.3 Å². The number of carbonyl (C=O) groups is 1. The predicted octanol–water partition coefficient (Wildman–Crippen LogP) is 5.88. The number of nitrogens with zero attached hydrogens (tertiary/aromatic N) is 6. The summed E-state index contributed by atoms with van der Waals surface area (Å²) in [7, 11) is 1.94. The van der Waals surface area contributed by atoms with Crippen molar-refractivity contribution < 1.29 is 14.3 Å². The fourth-order valence-corrected chi connectivity index (χ4v) is 6.96. The number of nitriles is 1. The van der Waals surface area contributed by atoms with Crippen LogP contribution in [0.15, 0.2) is 42.6 Å². The highest BCUT2D eigenvalue weighted by atomic mass is 32.1. The predicted molar refractivity (Wildman–Crippen MR) is 149 cm³/mol. The van der Waals surface area contributed by atoms with Gasteiger partial charge >= 0.3 is 5.97 Å². The number of fused-ring (bicyclic) bond motifs is 1. The summed E-state index contributed by atoms with van der Waals surface area (Å²) in [5.74, 6) is -1.17. The zero-order valence-electron chi connectivity index (χ0n) is 21.9. The lowest BCUT2D eigenvalue weighted by Gasteiger charge is -2.51. The molecule has 1 aromatic carbocycles. The van der Waals surface area contributed by atoms with Gasteiger partial charge in [-0.05, 0) is 73.9 Å². The number of pyridine rings is 1. The second-order valence-electron chi connectivity index (χ2n) is 10.6. The molecular weight excluding hydrogens is 515 g/mol. The Hall–Kier alpha value is -3.97. The molecule has 0 bridgehead atoms. The standard InChI is InChI=1S/C29H29FN6O2S/c1-3-22-26(34(2)28-32-25(24(17-31)39-28)18-4-6-20(30)7-5-18)23-14-21(8-11-36(23)33-22)35-12-9-29(10-13-35)15-19(16-29)27(37)38/h4-8,11,14,19H,3,9-10,12-13,15-16H2,1-2H3,(H,37,38). The minimum absolute atomic E-state index is 0.179. The first-order chi connectivity index (χ1) is 18.8. The Kier molecular flexibility index (Phi) is 6.26. The van der Waals surface area contributed by atoms with Crippen LogP contribution in [0.5, 0.6) is 0 Å². The van der Waals surface area contributed by atoms with Gasteiger partial charge in [0.15, 0.2) is 5.13 Å². The number of rotatable bonds is 6. The molecule has 0 radical (unpaired) electrons. The summed E-state index contributed by atoms with van der Waals surface area (Å²) < 4.78 is 15.4. The number of hydrogen-bond donors (Lipinski definition) is 1. The normalized spacial score (nSPS) is 16.8. The lowest BCUT2D eigenvalue weighted by molar-refractivity contribution is -0.151. The van der Waals surface area contributed by atoms with Crippen LogP contribution in [0.25, 0.3) is 16.8 Å². The van der Waals surface area contributed by atoms with Crippen LogP contribution in [0.3, 0.4) is 0 Å². The third-order valence-electron chi connectivity index (χ3n) is 8.35. The number of anilines is 3. The van der Waals surface area contributed by atoms with E-state index in [1.165, 1.54) is 23.5 Å². The average molecular weight is 545 g/mol. The van der Waals surface area contributed by atoms with Crippen LogP contribution in [0.2, 0.25) is 0 Å². The smallest absolute Gasteiger partial charge is 0.306 e. The molecule has 6 rings (SSSR count). The molecule has 39 heavy (non-hydrogen) atoms. The van der Waals surface area contributed by atoms with Gasteiger partial charge in [-0.2, -0.15) is 10.4 Å². The van der Waals surface area contributed by atoms with E-state index in [9.17, 15) is 19.6 Å². The first-order valence-electron chi connectivity index (χ1n) is 13.2. The van der Waals surface area contributed by atoms with Crippen molar-refractivity contribution in [2.45, 2.75) is 39.0 Å². The molecule has 4 heterocycles. The highest BCUT2D eigenvalue weighted by Crippen LogP contribution is 2.53. The van der Waals surface area contributed by atoms with Crippen molar-refractivity contribution in [3.63, 3.8) is 0 Å². The monoisotopic (exact) mass is 544 g/mol. The van der Waals surface area contributed by atoms with E-state index in [4.69, 9.17) is 10.1 Å². The SMILES string of the molecule is CCc1nn2ccc(N3CCC4(CC3)CC(C(=O)O)C4)cc2c1N(C)c1nc(-c2ccc(F)cc2)c(C#N)s1. The molecule has 1 N–H and O–H groups in total. The van der Waals surface area contributed by atoms with Crippen LogP contribution in [0.1, 0.15) is 43.2 Å². The first-order valence-corrected chi connectivity index (χ1v) is 14.0. The zero-order valence-corrected chi connectivity index (χ0v) is 22.7. The van der Waals surface area contributed by atoms with E-state index < -0.39 is 5.97 Å². The number of piperidine rings is 1. The van der Waals surface area contributed by atoms with Gasteiger partial charge in [-0.15, -0.1) is 0 Å². The number of hydrogen-bond acceptors (Lipinski definition) is 7. The molecule has 2 fully saturated rings. The maximum atomic E-state index is 13.5. The number of carboxylic acid groups (broad SMARTS) is 1. The molecule has 1 saturated carbocycles. The number of aromatic nitrogens is 3. The van der Waals surface area contributed by atoms with Crippen molar-refractivity contribution in [2.24, 2.45) is 11.3 Å². The Labute approximate surface area is 229 Å². The number of aliphatic carboxylic acids is 1. The van der Waals surface area contributed by atoms with Crippen molar-refractivity contribution in [2.75, 3.05) is 29.9 Å². The number of halogens is 1. The van der Waals surface area contributed by atoms with Crippen molar-refractivity contribution in [3.8, 4) is 17.3 Å². The summed E-state index contributed by atoms with van der Waals surface area (Å²) in [6.45, 7) is 3.88. The summed E-state index contributed by atoms with van der Waals surface area (Å²) in [5, 5.41) is 24.6. The molecule has 3 aromatic heterocycles. The van der Waals surface area contributed by atoms with Crippen LogP contribution in [-0.4, -0.2) is 45.8 Å². The topological polar surface area (TPSA) is 97.8 Å². The van der Waals surface area contributed by atoms with Gasteiger partial charge < -0.3 is 14.9 Å². The Morgan fingerprint density at radius 1 is 1.26 bits per heavy atom. The molecule has 1 aliphatic carbocycles. The quantitative estimate of drug-likeness (QED) is 0.324. The minimum Gasteiger partial charge on any atom is -0.481 e. The number of benzene rings is 1. The van der Waals surface area contributed by atoms with Gasteiger partial charge in [-0.25, -0.2) is 13.9 Å². The number of thiazole rings is 1. The summed E-state index contributed by atoms with van der Waals surface area (Å²) in [6, 6.07) is 12.5. The minimum atomic E-state index is -0.662. The molecule has 1 aliphatic heterocycles. The highest BCUT2D eigenvalue weighted by molar-refractivity contribution is 7.16. The van der Waals surface area contributed by atoms with E-state index in [1.54, 1.807) is 12.1 Å². The first kappa shape index (κ1) is 25.3. The maximum absolute atomic E-state index is 13.5. The number of aryl methyl sites for hydroxylation is 1. The van der Waals surface area contributed by atoms with E-state index in [0.29, 0.717) is 21.3 Å². The summed E-state index contributed by atoms with van der Waals surface area (Å²) >= 11 is 1.31. The molecule has 2 aliphatic rings. The van der Waals surface area contributed by atoms with Gasteiger partial charge in [0.1, 0.15) is 22.5 Å². The fourth-order valence-electron chi connectivity index (χ4n) is 6.11. The summed E-state index contributed by atoms with van der Waals surface area (Å²) in [5.41, 5.74) is 5.38. The highest BCUT2D eigenvalue weighted by Gasteiger charge is 2.48. The molecule has 10 heteroatoms. The van der Waals surface area contributed by atoms with Gasteiger partial charge in [0.05, 0.1) is 22.8 Å². The lowest BCUT2D eigenvalue weighted by atomic mass is 9.57. The molecule has 4 aromatic rings. The summed E-state index contributed by atoms with van der Waals surface area (Å²) in [4.78, 5) is 20.9. The molecule has 200 valence electrons. The van der Waals surface area contributed by atoms with Crippen LogP contribution in [0.4, 0.5) is 20.9 Å². The number of carboxylic acids is 1. The second-order valence-corrected chi connectivity index (χ2v) is 11.6. The van der Waals surface area contributed by atoms with E-state index in [0.717, 1.165) is 67.8 Å². The Balaban J connectivity index is 1.30. The van der Waals surface area contributed by atoms with Crippen molar-refractivity contribution in [1.29, 1.82) is 5.26 Å². The molecule has 0 unspecified atom stereocenters. The molecular formula is C29H29FN6O2S. The van der Waals surface area contributed by atoms with Crippen molar-refractivity contribution in [1.82, 2.24) is 14.6 Å². The van der Waals surface area contributed by atoms with Crippen LogP contribution in [0, 0.1) is 28.5 Å². The van der Waals surface area contributed by atoms with Gasteiger partial charge in [-0.3, -0.25) is 4.79 Å². The molecule has 0 amide bonds. The van der Waals surface area contributed by atoms with Crippen LogP contribution < -0.4 is 9.80 Å². The Morgan fingerprint density at radius 2 is 1.97 bits per heavy atom. The van der Waals surface area contributed by atoms with E-state index in [2.05, 4.69) is 30.0 Å².